The van der Waals surface area contributed by atoms with Crippen molar-refractivity contribution in [2.75, 3.05) is 0 Å². The Morgan fingerprint density at radius 3 is 2.08 bits per heavy atom. The number of nitrogens with zero attached hydrogens (tertiary/aromatic N) is 5. The van der Waals surface area contributed by atoms with Crippen LogP contribution >= 0.6 is 15.9 Å². The maximum absolute atomic E-state index is 13.6. The highest BCUT2D eigenvalue weighted by molar-refractivity contribution is 9.10. The van der Waals surface area contributed by atoms with Crippen LogP contribution in [0.5, 0.6) is 0 Å². The van der Waals surface area contributed by atoms with E-state index in [2.05, 4.69) is 31.5 Å². The zero-order valence-electron chi connectivity index (χ0n) is 16.5. The summed E-state index contributed by atoms with van der Waals surface area (Å²) in [5.41, 5.74) is 0.612. The van der Waals surface area contributed by atoms with E-state index in [-0.39, 0.29) is 16.0 Å². The number of rotatable bonds is 5. The number of benzene rings is 1. The average Bonchev–Trinajstić information content (AvgIpc) is 3.02. The van der Waals surface area contributed by atoms with E-state index in [0.29, 0.717) is 5.82 Å². The second-order valence-corrected chi connectivity index (χ2v) is 12.1. The van der Waals surface area contributed by atoms with Crippen molar-refractivity contribution in [2.24, 2.45) is 4.36 Å². The minimum Gasteiger partial charge on any atom is -0.249 e. The van der Waals surface area contributed by atoms with Crippen molar-refractivity contribution in [3.8, 4) is 0 Å². The van der Waals surface area contributed by atoms with E-state index in [1.807, 2.05) is 72.7 Å². The first-order valence-electron chi connectivity index (χ1n) is 8.75. The third kappa shape index (κ3) is 4.34. The van der Waals surface area contributed by atoms with Crippen LogP contribution < -0.4 is 0 Å². The normalized spacial score (nSPS) is 14.1. The van der Waals surface area contributed by atoms with E-state index >= 15 is 0 Å². The third-order valence-electron chi connectivity index (χ3n) is 4.18. The lowest BCUT2D eigenvalue weighted by Gasteiger charge is -2.25. The molecule has 144 valence electrons. The molecule has 0 bridgehead atoms. The number of aromatic nitrogens is 4. The molecule has 0 radical (unpaired) electrons. The fourth-order valence-corrected chi connectivity index (χ4v) is 5.08. The molecule has 1 unspecified atom stereocenters. The molecule has 0 fully saturated rings. The Balaban J connectivity index is 2.75. The van der Waals surface area contributed by atoms with Crippen molar-refractivity contribution in [3.05, 3.63) is 40.1 Å². The summed E-state index contributed by atoms with van der Waals surface area (Å²) in [7, 11) is -2.46. The summed E-state index contributed by atoms with van der Waals surface area (Å²) in [5, 5.41) is 12.2. The molecule has 0 saturated heterocycles. The van der Waals surface area contributed by atoms with E-state index in [1.165, 1.54) is 0 Å². The SMILES string of the molecule is CC(C)S(=O)(=NC(c1ccc(Br)cc1)c1nnnn1C(C)(C)C)C(C)C. The van der Waals surface area contributed by atoms with Gasteiger partial charge in [0.1, 0.15) is 6.04 Å². The van der Waals surface area contributed by atoms with Crippen molar-refractivity contribution in [3.63, 3.8) is 0 Å². The number of tetrazole rings is 1. The second-order valence-electron chi connectivity index (χ2n) is 7.89. The van der Waals surface area contributed by atoms with E-state index < -0.39 is 15.8 Å². The average molecular weight is 442 g/mol. The Bertz CT molecular complexity index is 844. The van der Waals surface area contributed by atoms with Gasteiger partial charge in [-0.15, -0.1) is 5.10 Å². The Morgan fingerprint density at radius 1 is 1.08 bits per heavy atom. The predicted octanol–water partition coefficient (Wildman–Crippen LogP) is 4.56. The van der Waals surface area contributed by atoms with Gasteiger partial charge < -0.3 is 0 Å². The first-order valence-corrected chi connectivity index (χ1v) is 11.2. The van der Waals surface area contributed by atoms with E-state index in [1.54, 1.807) is 4.68 Å². The first-order chi connectivity index (χ1) is 12.0. The molecule has 0 amide bonds. The zero-order chi connectivity index (χ0) is 19.7. The molecule has 26 heavy (non-hydrogen) atoms. The molecule has 0 N–H and O–H groups in total. The van der Waals surface area contributed by atoms with Crippen LogP contribution in [0.4, 0.5) is 0 Å². The zero-order valence-corrected chi connectivity index (χ0v) is 18.9. The summed E-state index contributed by atoms with van der Waals surface area (Å²) >= 11 is 3.46. The summed E-state index contributed by atoms with van der Waals surface area (Å²) in [6, 6.07) is 7.36. The molecule has 2 aromatic rings. The maximum atomic E-state index is 13.6. The van der Waals surface area contributed by atoms with Gasteiger partial charge in [-0.05, 0) is 48.9 Å². The van der Waals surface area contributed by atoms with Gasteiger partial charge in [0.05, 0.1) is 15.3 Å². The van der Waals surface area contributed by atoms with Gasteiger partial charge in [0.15, 0.2) is 5.82 Å². The van der Waals surface area contributed by atoms with Crippen LogP contribution in [0.15, 0.2) is 33.1 Å². The summed E-state index contributed by atoms with van der Waals surface area (Å²) in [4.78, 5) is 0. The highest BCUT2D eigenvalue weighted by atomic mass is 79.9. The van der Waals surface area contributed by atoms with Crippen molar-refractivity contribution in [2.45, 2.75) is 70.5 Å². The fraction of sp³-hybridized carbons (Fsp3) is 0.611. The van der Waals surface area contributed by atoms with Crippen LogP contribution in [0.1, 0.15) is 65.9 Å². The van der Waals surface area contributed by atoms with Crippen LogP contribution in [0.2, 0.25) is 0 Å². The Morgan fingerprint density at radius 2 is 1.62 bits per heavy atom. The van der Waals surface area contributed by atoms with Gasteiger partial charge in [-0.2, -0.15) is 0 Å². The topological polar surface area (TPSA) is 73.0 Å². The summed E-state index contributed by atoms with van der Waals surface area (Å²) < 4.78 is 21.3. The van der Waals surface area contributed by atoms with Crippen molar-refractivity contribution in [1.29, 1.82) is 0 Å². The highest BCUT2D eigenvalue weighted by Gasteiger charge is 2.30. The monoisotopic (exact) mass is 441 g/mol. The molecular weight excluding hydrogens is 414 g/mol. The quantitative estimate of drug-likeness (QED) is 0.680. The standard InChI is InChI=1S/C18H28BrN5OS/c1-12(2)26(25,13(3)4)21-16(14-8-10-15(19)11-9-14)17-20-22-23-24(17)18(5,6)7/h8-13,16H,1-7H3. The Hall–Kier alpha value is -1.28. The first kappa shape index (κ1) is 21.0. The van der Waals surface area contributed by atoms with Gasteiger partial charge in [0.2, 0.25) is 0 Å². The largest absolute Gasteiger partial charge is 0.249 e. The van der Waals surface area contributed by atoms with Crippen LogP contribution in [0.3, 0.4) is 0 Å². The molecule has 1 aromatic carbocycles. The third-order valence-corrected chi connectivity index (χ3v) is 7.95. The second kappa shape index (κ2) is 7.76. The van der Waals surface area contributed by atoms with Crippen molar-refractivity contribution >= 4 is 25.7 Å². The molecule has 2 rings (SSSR count). The van der Waals surface area contributed by atoms with Crippen LogP contribution in [0, 0.1) is 0 Å². The lowest BCUT2D eigenvalue weighted by Crippen LogP contribution is -2.29. The van der Waals surface area contributed by atoms with Crippen molar-refractivity contribution < 1.29 is 4.21 Å². The van der Waals surface area contributed by atoms with Gasteiger partial charge in [-0.1, -0.05) is 55.8 Å². The van der Waals surface area contributed by atoms with E-state index in [9.17, 15) is 4.21 Å². The summed E-state index contributed by atoms with van der Waals surface area (Å²) in [5.74, 6) is 0.605. The lowest BCUT2D eigenvalue weighted by atomic mass is 10.0. The Kier molecular flexibility index (Phi) is 6.28. The molecule has 0 aliphatic carbocycles. The highest BCUT2D eigenvalue weighted by Crippen LogP contribution is 2.31. The van der Waals surface area contributed by atoms with E-state index in [0.717, 1.165) is 10.0 Å². The summed E-state index contributed by atoms with van der Waals surface area (Å²) in [6.45, 7) is 13.9. The fourth-order valence-electron chi connectivity index (χ4n) is 2.70. The molecule has 1 aromatic heterocycles. The lowest BCUT2D eigenvalue weighted by molar-refractivity contribution is 0.331. The van der Waals surface area contributed by atoms with Crippen molar-refractivity contribution in [1.82, 2.24) is 20.2 Å². The minimum absolute atomic E-state index is 0.0700. The van der Waals surface area contributed by atoms with Gasteiger partial charge in [0.25, 0.3) is 0 Å². The molecule has 1 heterocycles. The number of halogens is 1. The summed E-state index contributed by atoms with van der Waals surface area (Å²) in [6.07, 6.45) is 0. The van der Waals surface area contributed by atoms with Gasteiger partial charge in [0, 0.05) is 15.0 Å². The van der Waals surface area contributed by atoms with Crippen LogP contribution in [0.25, 0.3) is 0 Å². The smallest absolute Gasteiger partial charge is 0.181 e. The molecule has 0 saturated carbocycles. The molecule has 0 aliphatic rings. The van der Waals surface area contributed by atoms with Gasteiger partial charge in [-0.25, -0.2) is 13.3 Å². The molecular formula is C18H28BrN5OS. The number of hydrogen-bond donors (Lipinski definition) is 0. The Labute approximate surface area is 165 Å². The van der Waals surface area contributed by atoms with Crippen LogP contribution in [-0.4, -0.2) is 34.9 Å². The molecule has 0 spiro atoms. The minimum atomic E-state index is -2.46. The molecule has 1 atom stereocenters. The predicted molar refractivity (Wildman–Crippen MR) is 110 cm³/mol. The molecule has 6 nitrogen and oxygen atoms in total. The number of hydrogen-bond acceptors (Lipinski definition) is 5. The van der Waals surface area contributed by atoms with Gasteiger partial charge >= 0.3 is 0 Å². The van der Waals surface area contributed by atoms with Crippen LogP contribution in [-0.2, 0) is 15.3 Å². The van der Waals surface area contributed by atoms with Gasteiger partial charge in [-0.3, -0.25) is 0 Å². The molecule has 8 heteroatoms. The molecule has 0 aliphatic heterocycles. The van der Waals surface area contributed by atoms with E-state index in [4.69, 9.17) is 4.36 Å². The maximum Gasteiger partial charge on any atom is 0.181 e.